The zero-order valence-electron chi connectivity index (χ0n) is 39.1. The summed E-state index contributed by atoms with van der Waals surface area (Å²) in [5.74, 6) is 1.88. The van der Waals surface area contributed by atoms with E-state index < -0.39 is 0 Å². The number of thiazole rings is 2. The lowest BCUT2D eigenvalue weighted by atomic mass is 10.0. The Hall–Kier alpha value is -0.520. The molecule has 0 unspecified atom stereocenters. The van der Waals surface area contributed by atoms with E-state index in [1.54, 1.807) is 45.3 Å². The van der Waals surface area contributed by atoms with E-state index in [0.717, 1.165) is 74.6 Å². The summed E-state index contributed by atoms with van der Waals surface area (Å²) in [5, 5.41) is 1.98. The van der Waals surface area contributed by atoms with Gasteiger partial charge in [0.05, 0.1) is 20.8 Å². The third-order valence-corrected chi connectivity index (χ3v) is 17.8. The van der Waals surface area contributed by atoms with Crippen LogP contribution in [-0.2, 0) is 0 Å². The molecule has 62 heavy (non-hydrogen) atoms. The van der Waals surface area contributed by atoms with Gasteiger partial charge in [0.2, 0.25) is 0 Å². The fraction of sp³-hybridized carbons (Fsp3) is 0.769. The molecule has 0 bridgehead atoms. The monoisotopic (exact) mass is 1050 g/mol. The Morgan fingerprint density at radius 1 is 0.355 bits per heavy atom. The Kier molecular flexibility index (Phi) is 31.1. The number of halogens is 2. The summed E-state index contributed by atoms with van der Waals surface area (Å²) < 4.78 is 14.9. The highest BCUT2D eigenvalue weighted by Gasteiger charge is 2.21. The van der Waals surface area contributed by atoms with Gasteiger partial charge in [-0.05, 0) is 44.7 Å². The topological polar surface area (TPSA) is 44.2 Å². The van der Waals surface area contributed by atoms with Gasteiger partial charge in [0, 0.05) is 12.1 Å². The number of fused-ring (bicyclic) bond motifs is 1. The van der Waals surface area contributed by atoms with Crippen molar-refractivity contribution in [1.82, 2.24) is 9.97 Å². The molecule has 4 aromatic rings. The van der Waals surface area contributed by atoms with Crippen molar-refractivity contribution < 1.29 is 9.47 Å². The lowest BCUT2D eigenvalue weighted by Gasteiger charge is -2.06. The summed E-state index contributed by atoms with van der Waals surface area (Å²) in [6.45, 7) is 6.11. The minimum atomic E-state index is 0.757. The fourth-order valence-corrected chi connectivity index (χ4v) is 13.7. The summed E-state index contributed by atoms with van der Waals surface area (Å²) in [7, 11) is 0. The molecule has 0 aliphatic heterocycles. The van der Waals surface area contributed by atoms with Gasteiger partial charge in [-0.15, -0.1) is 22.7 Å². The van der Waals surface area contributed by atoms with Crippen molar-refractivity contribution in [3.8, 4) is 31.3 Å². The summed E-state index contributed by atoms with van der Waals surface area (Å²) >= 11 is 14.2. The molecule has 0 saturated heterocycles. The maximum Gasteiger partial charge on any atom is 0.155 e. The van der Waals surface area contributed by atoms with E-state index in [9.17, 15) is 0 Å². The molecule has 0 amide bonds. The van der Waals surface area contributed by atoms with Gasteiger partial charge in [-0.1, -0.05) is 255 Å². The quantitative estimate of drug-likeness (QED) is 0.0415. The molecule has 10 heteroatoms. The van der Waals surface area contributed by atoms with Crippen LogP contribution in [0.2, 0.25) is 0 Å². The molecule has 4 heterocycles. The maximum absolute atomic E-state index is 6.35. The van der Waals surface area contributed by atoms with Crippen molar-refractivity contribution in [1.29, 1.82) is 0 Å². The van der Waals surface area contributed by atoms with Gasteiger partial charge in [0.25, 0.3) is 0 Å². The first-order valence-electron chi connectivity index (χ1n) is 25.7. The van der Waals surface area contributed by atoms with Gasteiger partial charge in [-0.2, -0.15) is 0 Å². The predicted molar refractivity (Wildman–Crippen MR) is 286 cm³/mol. The Labute approximate surface area is 412 Å². The molecule has 4 rings (SSSR count). The minimum absolute atomic E-state index is 0.757. The van der Waals surface area contributed by atoms with Crippen LogP contribution in [0.3, 0.4) is 0 Å². The van der Waals surface area contributed by atoms with Crippen LogP contribution in [0.15, 0.2) is 19.7 Å². The van der Waals surface area contributed by atoms with E-state index in [2.05, 4.69) is 57.8 Å². The Morgan fingerprint density at radius 3 is 0.855 bits per heavy atom. The van der Waals surface area contributed by atoms with Crippen LogP contribution in [0.4, 0.5) is 0 Å². The van der Waals surface area contributed by atoms with Gasteiger partial charge >= 0.3 is 0 Å². The second-order valence-electron chi connectivity index (χ2n) is 17.9. The fourth-order valence-electron chi connectivity index (χ4n) is 8.41. The normalized spacial score (nSPS) is 11.7. The van der Waals surface area contributed by atoms with Crippen molar-refractivity contribution in [2.24, 2.45) is 0 Å². The average molecular weight is 1060 g/mol. The number of unbranched alkanes of at least 4 members (excludes halogenated alkanes) is 34. The number of thiophene rings is 2. The van der Waals surface area contributed by atoms with Gasteiger partial charge in [-0.3, -0.25) is 0 Å². The molecule has 352 valence electrons. The number of rotatable bonds is 42. The van der Waals surface area contributed by atoms with Crippen LogP contribution in [0.5, 0.6) is 11.5 Å². The summed E-state index contributed by atoms with van der Waals surface area (Å²) in [6.07, 6.45) is 50.0. The number of hydrogen-bond acceptors (Lipinski definition) is 8. The molecular weight excluding hydrogens is 973 g/mol. The second kappa shape index (κ2) is 35.6. The van der Waals surface area contributed by atoms with Crippen molar-refractivity contribution in [2.75, 3.05) is 13.2 Å². The number of aromatic nitrogens is 2. The van der Waals surface area contributed by atoms with E-state index in [1.165, 1.54) is 218 Å². The molecule has 4 aromatic heterocycles. The van der Waals surface area contributed by atoms with Gasteiger partial charge in [0.15, 0.2) is 9.66 Å². The average Bonchev–Trinajstić information content (AvgIpc) is 4.05. The molecule has 0 atom stereocenters. The molecular formula is C52H84Br2N2O2S4. The van der Waals surface area contributed by atoms with E-state index >= 15 is 0 Å². The van der Waals surface area contributed by atoms with Crippen molar-refractivity contribution in [3.63, 3.8) is 0 Å². The highest BCUT2D eigenvalue weighted by Crippen LogP contribution is 2.48. The van der Waals surface area contributed by atoms with Crippen LogP contribution in [0.1, 0.15) is 245 Å². The standard InChI is InChI=1S/C52H84Br2N2O2S4/c1-3-5-7-9-11-13-15-17-19-21-23-25-27-29-31-33-35-37-39-57-43-41-45(53)59-47(43)49-55-51-52(61-49)56-50(62-51)48-44(42-46(54)60-48)58-40-38-36-34-32-30-28-26-24-22-20-18-16-14-12-10-8-6-4-2/h41-42H,3-40H2,1-2H3. The molecule has 0 saturated carbocycles. The molecule has 0 aromatic carbocycles. The van der Waals surface area contributed by atoms with Crippen LogP contribution in [0, 0.1) is 0 Å². The maximum atomic E-state index is 6.35. The number of ether oxygens (including phenoxy) is 2. The molecule has 0 N–H and O–H groups in total. The minimum Gasteiger partial charge on any atom is -0.492 e. The number of hydrogen-bond donors (Lipinski definition) is 0. The van der Waals surface area contributed by atoms with Crippen molar-refractivity contribution in [2.45, 2.75) is 245 Å². The van der Waals surface area contributed by atoms with E-state index in [0.29, 0.717) is 0 Å². The van der Waals surface area contributed by atoms with Crippen LogP contribution < -0.4 is 9.47 Å². The highest BCUT2D eigenvalue weighted by molar-refractivity contribution is 9.11. The third-order valence-electron chi connectivity index (χ3n) is 12.2. The summed E-state index contributed by atoms with van der Waals surface area (Å²) in [5.41, 5.74) is 0. The van der Waals surface area contributed by atoms with Crippen molar-refractivity contribution in [3.05, 3.63) is 19.7 Å². The molecule has 0 radical (unpaired) electrons. The molecule has 0 fully saturated rings. The molecule has 0 spiro atoms. The first-order chi connectivity index (χ1) is 30.6. The van der Waals surface area contributed by atoms with E-state index in [1.807, 2.05) is 0 Å². The zero-order chi connectivity index (χ0) is 43.7. The first-order valence-corrected chi connectivity index (χ1v) is 30.6. The lowest BCUT2D eigenvalue weighted by molar-refractivity contribution is 0.306. The molecule has 0 aliphatic rings. The summed E-state index contributed by atoms with van der Waals surface area (Å²) in [6, 6.07) is 4.21. The van der Waals surface area contributed by atoms with Crippen molar-refractivity contribution >= 4 is 86.9 Å². The van der Waals surface area contributed by atoms with E-state index in [-0.39, 0.29) is 0 Å². The SMILES string of the molecule is CCCCCCCCCCCCCCCCCCCCOc1cc(Br)sc1-c1nc2sc(-c3sc(Br)cc3OCCCCCCCCCCCCCCCCCCCC)nc2s1. The summed E-state index contributed by atoms with van der Waals surface area (Å²) in [4.78, 5) is 14.3. The van der Waals surface area contributed by atoms with Gasteiger partial charge in [-0.25, -0.2) is 9.97 Å². The first kappa shape index (κ1) is 54.1. The molecule has 4 nitrogen and oxygen atoms in total. The Bertz CT molecular complexity index is 1520. The van der Waals surface area contributed by atoms with Crippen LogP contribution in [0.25, 0.3) is 29.4 Å². The Balaban J connectivity index is 1.03. The van der Waals surface area contributed by atoms with Gasteiger partial charge < -0.3 is 9.47 Å². The Morgan fingerprint density at radius 2 is 0.597 bits per heavy atom. The largest absolute Gasteiger partial charge is 0.492 e. The smallest absolute Gasteiger partial charge is 0.155 e. The highest BCUT2D eigenvalue weighted by atomic mass is 79.9. The molecule has 0 aliphatic carbocycles. The van der Waals surface area contributed by atoms with Crippen LogP contribution >= 0.6 is 77.2 Å². The van der Waals surface area contributed by atoms with Crippen LogP contribution in [-0.4, -0.2) is 23.2 Å². The predicted octanol–water partition coefficient (Wildman–Crippen LogP) is 21.6. The third kappa shape index (κ3) is 23.3. The second-order valence-corrected chi connectivity index (χ2v) is 24.7. The van der Waals surface area contributed by atoms with Gasteiger partial charge in [0.1, 0.15) is 31.3 Å². The lowest BCUT2D eigenvalue weighted by Crippen LogP contribution is -1.97. The van der Waals surface area contributed by atoms with E-state index in [4.69, 9.17) is 19.4 Å². The zero-order valence-corrected chi connectivity index (χ0v) is 45.6. The number of nitrogens with zero attached hydrogens (tertiary/aromatic N) is 2.